The number of amides is 1. The number of nitrogens with one attached hydrogen (secondary N) is 2. The molecule has 1 aromatic rings. The standard InChI is InChI=1S/C11H12F2N2O/c12-7-3-1-4-8(10(7)13)15-11(16)9-5-2-6-14-9/h1,3-4,9,14H,2,5-6H2,(H,15,16)/t9-/m0/s1. The lowest BCUT2D eigenvalue weighted by Gasteiger charge is -2.11. The Bertz CT molecular complexity index is 403. The van der Waals surface area contributed by atoms with Crippen molar-refractivity contribution in [3.63, 3.8) is 0 Å². The Morgan fingerprint density at radius 1 is 1.44 bits per heavy atom. The van der Waals surface area contributed by atoms with Crippen LogP contribution in [0.1, 0.15) is 12.8 Å². The molecule has 0 unspecified atom stereocenters. The van der Waals surface area contributed by atoms with E-state index in [0.29, 0.717) is 0 Å². The van der Waals surface area contributed by atoms with E-state index in [1.165, 1.54) is 12.1 Å². The molecule has 1 aliphatic heterocycles. The first-order chi connectivity index (χ1) is 7.68. The van der Waals surface area contributed by atoms with E-state index in [1.807, 2.05) is 0 Å². The molecule has 1 amide bonds. The lowest BCUT2D eigenvalue weighted by atomic mass is 10.2. The van der Waals surface area contributed by atoms with Crippen molar-refractivity contribution in [3.8, 4) is 0 Å². The summed E-state index contributed by atoms with van der Waals surface area (Å²) in [4.78, 5) is 11.6. The minimum absolute atomic E-state index is 0.112. The highest BCUT2D eigenvalue weighted by atomic mass is 19.2. The Labute approximate surface area is 91.8 Å². The van der Waals surface area contributed by atoms with Crippen molar-refractivity contribution < 1.29 is 13.6 Å². The second kappa shape index (κ2) is 4.57. The molecule has 1 saturated heterocycles. The van der Waals surface area contributed by atoms with Crippen molar-refractivity contribution in [1.29, 1.82) is 0 Å². The third-order valence-electron chi connectivity index (χ3n) is 2.59. The van der Waals surface area contributed by atoms with Crippen LogP contribution in [-0.4, -0.2) is 18.5 Å². The summed E-state index contributed by atoms with van der Waals surface area (Å²) in [7, 11) is 0. The highest BCUT2D eigenvalue weighted by Gasteiger charge is 2.23. The first-order valence-corrected chi connectivity index (χ1v) is 5.17. The van der Waals surface area contributed by atoms with Crippen molar-refractivity contribution in [2.24, 2.45) is 0 Å². The highest BCUT2D eigenvalue weighted by molar-refractivity contribution is 5.95. The van der Waals surface area contributed by atoms with Crippen LogP contribution in [0.15, 0.2) is 18.2 Å². The summed E-state index contributed by atoms with van der Waals surface area (Å²) in [5.74, 6) is -2.30. The number of benzene rings is 1. The average Bonchev–Trinajstić information content (AvgIpc) is 2.78. The van der Waals surface area contributed by atoms with Crippen molar-refractivity contribution >= 4 is 11.6 Å². The van der Waals surface area contributed by atoms with Crippen molar-refractivity contribution in [3.05, 3.63) is 29.8 Å². The molecule has 16 heavy (non-hydrogen) atoms. The summed E-state index contributed by atoms with van der Waals surface area (Å²) >= 11 is 0. The topological polar surface area (TPSA) is 41.1 Å². The van der Waals surface area contributed by atoms with E-state index in [2.05, 4.69) is 10.6 Å². The van der Waals surface area contributed by atoms with E-state index < -0.39 is 11.6 Å². The van der Waals surface area contributed by atoms with Crippen LogP contribution in [0, 0.1) is 11.6 Å². The van der Waals surface area contributed by atoms with Crippen LogP contribution < -0.4 is 10.6 Å². The second-order valence-electron chi connectivity index (χ2n) is 3.74. The fourth-order valence-electron chi connectivity index (χ4n) is 1.73. The van der Waals surface area contributed by atoms with Crippen molar-refractivity contribution in [2.45, 2.75) is 18.9 Å². The van der Waals surface area contributed by atoms with Gasteiger partial charge in [0.1, 0.15) is 0 Å². The van der Waals surface area contributed by atoms with E-state index >= 15 is 0 Å². The van der Waals surface area contributed by atoms with Crippen molar-refractivity contribution in [1.82, 2.24) is 5.32 Å². The van der Waals surface area contributed by atoms with Gasteiger partial charge in [-0.1, -0.05) is 6.07 Å². The van der Waals surface area contributed by atoms with Crippen LogP contribution >= 0.6 is 0 Å². The Morgan fingerprint density at radius 3 is 2.94 bits per heavy atom. The van der Waals surface area contributed by atoms with Crippen LogP contribution in [0.4, 0.5) is 14.5 Å². The largest absolute Gasteiger partial charge is 0.322 e. The zero-order valence-electron chi connectivity index (χ0n) is 8.59. The molecule has 1 aromatic carbocycles. The molecule has 0 bridgehead atoms. The summed E-state index contributed by atoms with van der Waals surface area (Å²) in [5, 5.41) is 5.36. The molecule has 0 spiro atoms. The Kier molecular flexibility index (Phi) is 3.14. The van der Waals surface area contributed by atoms with Gasteiger partial charge in [0.05, 0.1) is 11.7 Å². The van der Waals surface area contributed by atoms with E-state index in [1.54, 1.807) is 0 Å². The number of hydrogen-bond acceptors (Lipinski definition) is 2. The summed E-state index contributed by atoms with van der Waals surface area (Å²) in [6, 6.07) is 3.41. The number of halogens is 2. The monoisotopic (exact) mass is 226 g/mol. The van der Waals surface area contributed by atoms with E-state index in [4.69, 9.17) is 0 Å². The molecule has 86 valence electrons. The number of carbonyl (C=O) groups is 1. The predicted molar refractivity (Wildman–Crippen MR) is 56.0 cm³/mol. The maximum Gasteiger partial charge on any atom is 0.241 e. The molecule has 1 fully saturated rings. The summed E-state index contributed by atoms with van der Waals surface area (Å²) in [5.41, 5.74) is -0.112. The lowest BCUT2D eigenvalue weighted by Crippen LogP contribution is -2.35. The van der Waals surface area contributed by atoms with Gasteiger partial charge in [0.2, 0.25) is 5.91 Å². The van der Waals surface area contributed by atoms with Gasteiger partial charge in [0.25, 0.3) is 0 Å². The first-order valence-electron chi connectivity index (χ1n) is 5.17. The molecular weight excluding hydrogens is 214 g/mol. The van der Waals surface area contributed by atoms with Gasteiger partial charge in [-0.15, -0.1) is 0 Å². The minimum Gasteiger partial charge on any atom is -0.322 e. The summed E-state index contributed by atoms with van der Waals surface area (Å²) in [6.07, 6.45) is 1.65. The highest BCUT2D eigenvalue weighted by Crippen LogP contribution is 2.17. The zero-order chi connectivity index (χ0) is 11.5. The molecule has 1 heterocycles. The van der Waals surface area contributed by atoms with Crippen molar-refractivity contribution in [2.75, 3.05) is 11.9 Å². The van der Waals surface area contributed by atoms with Crippen LogP contribution in [0.5, 0.6) is 0 Å². The number of rotatable bonds is 2. The quantitative estimate of drug-likeness (QED) is 0.805. The second-order valence-corrected chi connectivity index (χ2v) is 3.74. The molecule has 3 nitrogen and oxygen atoms in total. The fraction of sp³-hybridized carbons (Fsp3) is 0.364. The molecular formula is C11H12F2N2O. The molecule has 1 atom stereocenters. The fourth-order valence-corrected chi connectivity index (χ4v) is 1.73. The molecule has 5 heteroatoms. The molecule has 2 rings (SSSR count). The number of carbonyl (C=O) groups excluding carboxylic acids is 1. The maximum atomic E-state index is 13.2. The Hall–Kier alpha value is -1.49. The van der Waals surface area contributed by atoms with Gasteiger partial charge in [-0.25, -0.2) is 8.78 Å². The molecule has 0 saturated carbocycles. The third kappa shape index (κ3) is 2.19. The normalized spacial score (nSPS) is 19.8. The Balaban J connectivity index is 2.08. The first kappa shape index (κ1) is 11.0. The Morgan fingerprint density at radius 2 is 2.25 bits per heavy atom. The van der Waals surface area contributed by atoms with Crippen LogP contribution in [0.25, 0.3) is 0 Å². The smallest absolute Gasteiger partial charge is 0.241 e. The van der Waals surface area contributed by atoms with Gasteiger partial charge in [-0.2, -0.15) is 0 Å². The summed E-state index contributed by atoms with van der Waals surface area (Å²) in [6.45, 7) is 0.781. The zero-order valence-corrected chi connectivity index (χ0v) is 8.59. The van der Waals surface area contributed by atoms with Crippen LogP contribution in [0.2, 0.25) is 0 Å². The number of anilines is 1. The molecule has 0 radical (unpaired) electrons. The third-order valence-corrected chi connectivity index (χ3v) is 2.59. The van der Waals surface area contributed by atoms with Gasteiger partial charge >= 0.3 is 0 Å². The maximum absolute atomic E-state index is 13.2. The summed E-state index contributed by atoms with van der Waals surface area (Å²) < 4.78 is 26.1. The van der Waals surface area contributed by atoms with Crippen LogP contribution in [-0.2, 0) is 4.79 Å². The molecule has 0 aliphatic carbocycles. The van der Waals surface area contributed by atoms with E-state index in [9.17, 15) is 13.6 Å². The molecule has 0 aromatic heterocycles. The van der Waals surface area contributed by atoms with Crippen LogP contribution in [0.3, 0.4) is 0 Å². The van der Waals surface area contributed by atoms with E-state index in [-0.39, 0.29) is 17.6 Å². The van der Waals surface area contributed by atoms with E-state index in [0.717, 1.165) is 25.5 Å². The van der Waals surface area contributed by atoms with Gasteiger partial charge in [0.15, 0.2) is 11.6 Å². The molecule has 1 aliphatic rings. The average molecular weight is 226 g/mol. The van der Waals surface area contributed by atoms with Gasteiger partial charge < -0.3 is 10.6 Å². The lowest BCUT2D eigenvalue weighted by molar-refractivity contribution is -0.117. The predicted octanol–water partition coefficient (Wildman–Crippen LogP) is 1.66. The SMILES string of the molecule is O=C(Nc1cccc(F)c1F)[C@@H]1CCCN1. The minimum atomic E-state index is -1.02. The van der Waals surface area contributed by atoms with Gasteiger partial charge in [-0.3, -0.25) is 4.79 Å². The number of hydrogen-bond donors (Lipinski definition) is 2. The van der Waals surface area contributed by atoms with Gasteiger partial charge in [-0.05, 0) is 31.5 Å². The van der Waals surface area contributed by atoms with Gasteiger partial charge in [0, 0.05) is 0 Å². The molecule has 2 N–H and O–H groups in total.